The molecule has 1 atom stereocenters. The van der Waals surface area contributed by atoms with Crippen LogP contribution in [0.25, 0.3) is 5.76 Å². The van der Waals surface area contributed by atoms with E-state index in [1.165, 1.54) is 19.1 Å². The van der Waals surface area contributed by atoms with E-state index in [0.29, 0.717) is 11.5 Å². The van der Waals surface area contributed by atoms with Crippen LogP contribution in [0.3, 0.4) is 0 Å². The van der Waals surface area contributed by atoms with Crippen LogP contribution in [0, 0.1) is 0 Å². The minimum atomic E-state index is -0.748. The van der Waals surface area contributed by atoms with Crippen molar-refractivity contribution < 1.29 is 28.9 Å². The van der Waals surface area contributed by atoms with Crippen LogP contribution in [-0.4, -0.2) is 55.2 Å². The SMILES string of the molecule is CCc1ccc(C2/C(=C(\O)c3cc(OC)ccc3OC)C(=O)C(=O)N2CCOC(C)C)cc1. The lowest BCUT2D eigenvalue weighted by atomic mass is 9.94. The molecule has 1 aliphatic rings. The van der Waals surface area contributed by atoms with E-state index in [1.54, 1.807) is 18.2 Å². The van der Waals surface area contributed by atoms with E-state index in [2.05, 4.69) is 6.92 Å². The van der Waals surface area contributed by atoms with Crippen molar-refractivity contribution in [3.63, 3.8) is 0 Å². The largest absolute Gasteiger partial charge is 0.507 e. The number of Topliss-reactive ketones (excluding diaryl/α,β-unsaturated/α-hetero) is 1. The van der Waals surface area contributed by atoms with Gasteiger partial charge in [-0.25, -0.2) is 0 Å². The van der Waals surface area contributed by atoms with Crippen LogP contribution in [0.2, 0.25) is 0 Å². The zero-order valence-corrected chi connectivity index (χ0v) is 19.8. The third-order valence-corrected chi connectivity index (χ3v) is 5.69. The maximum absolute atomic E-state index is 13.2. The van der Waals surface area contributed by atoms with E-state index < -0.39 is 17.7 Å². The maximum atomic E-state index is 13.2. The molecular formula is C26H31NO6. The number of ether oxygens (including phenoxy) is 3. The van der Waals surface area contributed by atoms with Crippen molar-refractivity contribution in [2.24, 2.45) is 0 Å². The van der Waals surface area contributed by atoms with Crippen molar-refractivity contribution in [3.8, 4) is 11.5 Å². The zero-order chi connectivity index (χ0) is 24.1. The number of carbonyl (C=O) groups is 2. The van der Waals surface area contributed by atoms with Crippen LogP contribution in [0.1, 0.15) is 43.5 Å². The van der Waals surface area contributed by atoms with Gasteiger partial charge in [-0.15, -0.1) is 0 Å². The van der Waals surface area contributed by atoms with Crippen LogP contribution in [-0.2, 0) is 20.7 Å². The average molecular weight is 454 g/mol. The summed E-state index contributed by atoms with van der Waals surface area (Å²) in [4.78, 5) is 27.7. The number of hydrogen-bond acceptors (Lipinski definition) is 6. The fourth-order valence-corrected chi connectivity index (χ4v) is 3.92. The number of likely N-dealkylation sites (tertiary alicyclic amines) is 1. The number of carbonyl (C=O) groups excluding carboxylic acids is 2. The molecular weight excluding hydrogens is 422 g/mol. The summed E-state index contributed by atoms with van der Waals surface area (Å²) in [7, 11) is 2.98. The molecule has 0 aromatic heterocycles. The van der Waals surface area contributed by atoms with Gasteiger partial charge in [-0.1, -0.05) is 31.2 Å². The summed E-state index contributed by atoms with van der Waals surface area (Å²) >= 11 is 0. The highest BCUT2D eigenvalue weighted by Crippen LogP contribution is 2.41. The minimum absolute atomic E-state index is 0.00912. The zero-order valence-electron chi connectivity index (χ0n) is 19.8. The molecule has 7 heteroatoms. The van der Waals surface area contributed by atoms with Gasteiger partial charge in [-0.2, -0.15) is 0 Å². The van der Waals surface area contributed by atoms with E-state index in [1.807, 2.05) is 38.1 Å². The number of ketones is 1. The summed E-state index contributed by atoms with van der Waals surface area (Å²) < 4.78 is 16.3. The van der Waals surface area contributed by atoms with Gasteiger partial charge in [-0.05, 0) is 49.6 Å². The van der Waals surface area contributed by atoms with Gasteiger partial charge in [0.1, 0.15) is 17.3 Å². The fraction of sp³-hybridized carbons (Fsp3) is 0.385. The Morgan fingerprint density at radius 3 is 2.33 bits per heavy atom. The molecule has 2 aromatic rings. The molecule has 3 rings (SSSR count). The maximum Gasteiger partial charge on any atom is 0.295 e. The van der Waals surface area contributed by atoms with Crippen LogP contribution in [0.5, 0.6) is 11.5 Å². The quantitative estimate of drug-likeness (QED) is 0.349. The summed E-state index contributed by atoms with van der Waals surface area (Å²) in [6.45, 7) is 6.36. The highest BCUT2D eigenvalue weighted by molar-refractivity contribution is 6.46. The summed E-state index contributed by atoms with van der Waals surface area (Å²) in [6, 6.07) is 11.9. The van der Waals surface area contributed by atoms with Gasteiger partial charge in [-0.3, -0.25) is 9.59 Å². The van der Waals surface area contributed by atoms with Crippen LogP contribution in [0.15, 0.2) is 48.0 Å². The summed E-state index contributed by atoms with van der Waals surface area (Å²) in [5.41, 5.74) is 2.16. The van der Waals surface area contributed by atoms with Gasteiger partial charge < -0.3 is 24.2 Å². The minimum Gasteiger partial charge on any atom is -0.507 e. The monoisotopic (exact) mass is 453 g/mol. The number of amides is 1. The first-order valence-corrected chi connectivity index (χ1v) is 11.0. The number of aliphatic hydroxyl groups excluding tert-OH is 1. The van der Waals surface area contributed by atoms with Crippen molar-refractivity contribution in [3.05, 3.63) is 64.7 Å². The van der Waals surface area contributed by atoms with E-state index >= 15 is 0 Å². The van der Waals surface area contributed by atoms with Crippen LogP contribution in [0.4, 0.5) is 0 Å². The third-order valence-electron chi connectivity index (χ3n) is 5.69. The number of aliphatic hydroxyl groups is 1. The first-order valence-electron chi connectivity index (χ1n) is 11.0. The number of benzene rings is 2. The molecule has 176 valence electrons. The van der Waals surface area contributed by atoms with Gasteiger partial charge in [0.05, 0.1) is 44.1 Å². The first-order chi connectivity index (χ1) is 15.8. The Hall–Kier alpha value is -3.32. The molecule has 0 spiro atoms. The lowest BCUT2D eigenvalue weighted by Crippen LogP contribution is -2.33. The predicted octanol–water partition coefficient (Wildman–Crippen LogP) is 4.11. The molecule has 1 fully saturated rings. The molecule has 0 radical (unpaired) electrons. The molecule has 1 heterocycles. The Labute approximate surface area is 194 Å². The molecule has 0 bridgehead atoms. The highest BCUT2D eigenvalue weighted by atomic mass is 16.5. The van der Waals surface area contributed by atoms with Crippen molar-refractivity contribution in [1.82, 2.24) is 4.90 Å². The van der Waals surface area contributed by atoms with Crippen LogP contribution < -0.4 is 9.47 Å². The van der Waals surface area contributed by atoms with Crippen molar-refractivity contribution in [2.45, 2.75) is 39.3 Å². The lowest BCUT2D eigenvalue weighted by Gasteiger charge is -2.26. The average Bonchev–Trinajstić information content (AvgIpc) is 3.08. The standard InChI is InChI=1S/C26H31NO6/c1-6-17-7-9-18(10-8-17)23-22(25(29)26(30)27(23)13-14-33-16(2)3)24(28)20-15-19(31-4)11-12-21(20)32-5/h7-12,15-16,23,28H,6,13-14H2,1-5H3/b24-22+. The van der Waals surface area contributed by atoms with E-state index in [-0.39, 0.29) is 36.2 Å². The van der Waals surface area contributed by atoms with Crippen LogP contribution >= 0.6 is 0 Å². The molecule has 2 aromatic carbocycles. The molecule has 1 N–H and O–H groups in total. The second-order valence-electron chi connectivity index (χ2n) is 8.07. The predicted molar refractivity (Wildman–Crippen MR) is 125 cm³/mol. The van der Waals surface area contributed by atoms with Gasteiger partial charge >= 0.3 is 0 Å². The molecule has 0 aliphatic carbocycles. The Balaban J connectivity index is 2.16. The van der Waals surface area contributed by atoms with E-state index in [4.69, 9.17) is 14.2 Å². The molecule has 1 saturated heterocycles. The molecule has 7 nitrogen and oxygen atoms in total. The Morgan fingerprint density at radius 2 is 1.76 bits per heavy atom. The van der Waals surface area contributed by atoms with Gasteiger partial charge in [0, 0.05) is 6.54 Å². The molecule has 33 heavy (non-hydrogen) atoms. The number of nitrogens with zero attached hydrogens (tertiary/aromatic N) is 1. The number of rotatable bonds is 9. The van der Waals surface area contributed by atoms with Gasteiger partial charge in [0.2, 0.25) is 0 Å². The molecule has 0 saturated carbocycles. The van der Waals surface area contributed by atoms with Crippen molar-refractivity contribution in [1.29, 1.82) is 0 Å². The number of methoxy groups -OCH3 is 2. The fourth-order valence-electron chi connectivity index (χ4n) is 3.92. The number of aryl methyl sites for hydroxylation is 1. The Kier molecular flexibility index (Phi) is 7.76. The molecule has 1 unspecified atom stereocenters. The second-order valence-corrected chi connectivity index (χ2v) is 8.07. The van der Waals surface area contributed by atoms with Gasteiger partial charge in [0.25, 0.3) is 11.7 Å². The smallest absolute Gasteiger partial charge is 0.295 e. The van der Waals surface area contributed by atoms with Crippen molar-refractivity contribution in [2.75, 3.05) is 27.4 Å². The summed E-state index contributed by atoms with van der Waals surface area (Å²) in [6.07, 6.45) is 0.856. The molecule has 1 amide bonds. The highest BCUT2D eigenvalue weighted by Gasteiger charge is 2.46. The summed E-state index contributed by atoms with van der Waals surface area (Å²) in [5, 5.41) is 11.3. The van der Waals surface area contributed by atoms with Crippen molar-refractivity contribution >= 4 is 17.4 Å². The topological polar surface area (TPSA) is 85.3 Å². The first kappa shape index (κ1) is 24.3. The van der Waals surface area contributed by atoms with E-state index in [9.17, 15) is 14.7 Å². The molecule has 1 aliphatic heterocycles. The third kappa shape index (κ3) is 5.03. The lowest BCUT2D eigenvalue weighted by molar-refractivity contribution is -0.140. The Morgan fingerprint density at radius 1 is 1.06 bits per heavy atom. The van der Waals surface area contributed by atoms with Gasteiger partial charge in [0.15, 0.2) is 0 Å². The number of hydrogen-bond donors (Lipinski definition) is 1. The van der Waals surface area contributed by atoms with E-state index in [0.717, 1.165) is 17.5 Å². The normalized spacial score (nSPS) is 17.6. The second kappa shape index (κ2) is 10.5. The summed E-state index contributed by atoms with van der Waals surface area (Å²) in [5.74, 6) is -0.869. The Bertz CT molecular complexity index is 1040.